The average Bonchev–Trinajstić information content (AvgIpc) is 3.67. The number of aromatic nitrogens is 2. The van der Waals surface area contributed by atoms with Gasteiger partial charge in [-0.1, -0.05) is 65.7 Å². The molecule has 0 amide bonds. The monoisotopic (exact) mass is 512 g/mol. The Morgan fingerprint density at radius 1 is 0.778 bits per heavy atom. The minimum atomic E-state index is 0.0498. The Bertz CT molecular complexity index is 1460. The second-order valence-corrected chi connectivity index (χ2v) is 10.5. The summed E-state index contributed by atoms with van der Waals surface area (Å²) >= 11 is 12.4. The van der Waals surface area contributed by atoms with Crippen molar-refractivity contribution < 1.29 is 5.11 Å². The van der Waals surface area contributed by atoms with Crippen molar-refractivity contribution in [1.82, 2.24) is 9.55 Å². The highest BCUT2D eigenvalue weighted by atomic mass is 35.5. The lowest BCUT2D eigenvalue weighted by Gasteiger charge is -2.20. The third-order valence-corrected chi connectivity index (χ3v) is 7.55. The first kappa shape index (κ1) is 23.1. The van der Waals surface area contributed by atoms with Crippen LogP contribution >= 0.6 is 23.2 Å². The van der Waals surface area contributed by atoms with Gasteiger partial charge in [-0.05, 0) is 90.0 Å². The van der Waals surface area contributed by atoms with Gasteiger partial charge in [0.15, 0.2) is 0 Å². The number of fused-ring (bicyclic) bond motifs is 1. The van der Waals surface area contributed by atoms with E-state index >= 15 is 0 Å². The second kappa shape index (κ2) is 9.65. The summed E-state index contributed by atoms with van der Waals surface area (Å²) in [5.41, 5.74) is 6.98. The molecule has 1 aliphatic carbocycles. The van der Waals surface area contributed by atoms with Gasteiger partial charge in [0, 0.05) is 28.4 Å². The smallest absolute Gasteiger partial charge is 0.115 e. The summed E-state index contributed by atoms with van der Waals surface area (Å²) in [5.74, 6) is 2.08. The van der Waals surface area contributed by atoms with E-state index in [4.69, 9.17) is 28.2 Å². The van der Waals surface area contributed by atoms with Gasteiger partial charge >= 0.3 is 0 Å². The fourth-order valence-electron chi connectivity index (χ4n) is 5.02. The first-order valence-electron chi connectivity index (χ1n) is 12.3. The lowest BCUT2D eigenvalue weighted by atomic mass is 9.85. The van der Waals surface area contributed by atoms with E-state index in [2.05, 4.69) is 47.0 Å². The summed E-state index contributed by atoms with van der Waals surface area (Å²) in [6.07, 6.45) is 3.29. The summed E-state index contributed by atoms with van der Waals surface area (Å²) in [6.45, 7) is 0.850. The highest BCUT2D eigenvalue weighted by molar-refractivity contribution is 6.30. The van der Waals surface area contributed by atoms with Crippen LogP contribution in [0.5, 0.6) is 5.75 Å². The van der Waals surface area contributed by atoms with Crippen molar-refractivity contribution in [2.45, 2.75) is 37.6 Å². The maximum absolute atomic E-state index is 9.65. The van der Waals surface area contributed by atoms with E-state index in [0.717, 1.165) is 28.5 Å². The quantitative estimate of drug-likeness (QED) is 0.222. The van der Waals surface area contributed by atoms with E-state index < -0.39 is 0 Å². The Balaban J connectivity index is 1.43. The van der Waals surface area contributed by atoms with E-state index in [0.29, 0.717) is 11.7 Å². The first-order chi connectivity index (χ1) is 17.5. The van der Waals surface area contributed by atoms with Crippen molar-refractivity contribution in [3.05, 3.63) is 129 Å². The third kappa shape index (κ3) is 4.74. The average molecular weight is 513 g/mol. The molecule has 0 bridgehead atoms. The van der Waals surface area contributed by atoms with Crippen molar-refractivity contribution >= 4 is 34.2 Å². The van der Waals surface area contributed by atoms with Gasteiger partial charge in [-0.3, -0.25) is 0 Å². The van der Waals surface area contributed by atoms with Crippen LogP contribution in [0, 0.1) is 0 Å². The number of imidazole rings is 1. The van der Waals surface area contributed by atoms with Gasteiger partial charge in [-0.2, -0.15) is 0 Å². The fourth-order valence-corrected chi connectivity index (χ4v) is 5.27. The Labute approximate surface area is 221 Å². The van der Waals surface area contributed by atoms with Crippen LogP contribution < -0.4 is 0 Å². The zero-order chi connectivity index (χ0) is 24.6. The van der Waals surface area contributed by atoms with Crippen LogP contribution in [-0.2, 0) is 13.0 Å². The van der Waals surface area contributed by atoms with Gasteiger partial charge in [-0.15, -0.1) is 0 Å². The van der Waals surface area contributed by atoms with Crippen LogP contribution in [-0.4, -0.2) is 14.7 Å². The van der Waals surface area contributed by atoms with Crippen molar-refractivity contribution in [1.29, 1.82) is 0 Å². The highest BCUT2D eigenvalue weighted by Crippen LogP contribution is 2.42. The lowest BCUT2D eigenvalue weighted by molar-refractivity contribution is 0.475. The van der Waals surface area contributed by atoms with E-state index in [1.54, 1.807) is 12.1 Å². The number of halogens is 2. The molecule has 36 heavy (non-hydrogen) atoms. The summed E-state index contributed by atoms with van der Waals surface area (Å²) in [5, 5.41) is 11.1. The Morgan fingerprint density at radius 3 is 1.94 bits per heavy atom. The number of phenolic OH excluding ortho intramolecular Hbond substituents is 1. The van der Waals surface area contributed by atoms with Crippen molar-refractivity contribution in [3.8, 4) is 5.75 Å². The van der Waals surface area contributed by atoms with Gasteiger partial charge in [0.05, 0.1) is 11.0 Å². The molecule has 1 N–H and O–H groups in total. The second-order valence-electron chi connectivity index (χ2n) is 9.60. The number of hydrogen-bond donors (Lipinski definition) is 1. The largest absolute Gasteiger partial charge is 0.508 e. The normalized spacial score (nSPS) is 13.5. The molecule has 5 heteroatoms. The standard InChI is InChI=1S/C31H26Cl2N2O/c32-25-10-5-21(6-11-25)30(22-7-12-26(33)13-8-22)24-9-16-28-29(19-24)35(31(34-28)23-3-4-23)18-17-20-1-14-27(36)15-2-20/h1-2,5-16,19,23,30,36H,3-4,17-18H2. The molecule has 0 aliphatic heterocycles. The minimum absolute atomic E-state index is 0.0498. The van der Waals surface area contributed by atoms with Gasteiger partial charge < -0.3 is 9.67 Å². The molecule has 1 aliphatic rings. The zero-order valence-corrected chi connectivity index (χ0v) is 21.3. The predicted molar refractivity (Wildman–Crippen MR) is 147 cm³/mol. The lowest BCUT2D eigenvalue weighted by Crippen LogP contribution is -2.07. The molecule has 0 unspecified atom stereocenters. The van der Waals surface area contributed by atoms with E-state index in [9.17, 15) is 5.11 Å². The fraction of sp³-hybridized carbons (Fsp3) is 0.194. The van der Waals surface area contributed by atoms with Gasteiger partial charge in [0.2, 0.25) is 0 Å². The number of nitrogens with zero attached hydrogens (tertiary/aromatic N) is 2. The Kier molecular flexibility index (Phi) is 6.20. The van der Waals surface area contributed by atoms with Gasteiger partial charge in [-0.25, -0.2) is 4.98 Å². The Morgan fingerprint density at radius 2 is 1.36 bits per heavy atom. The van der Waals surface area contributed by atoms with Crippen molar-refractivity contribution in [3.63, 3.8) is 0 Å². The molecular formula is C31H26Cl2N2O. The molecule has 1 aromatic heterocycles. The molecule has 180 valence electrons. The molecule has 1 saturated carbocycles. The van der Waals surface area contributed by atoms with E-state index in [-0.39, 0.29) is 5.92 Å². The SMILES string of the molecule is Oc1ccc(CCn2c(C3CC3)nc3ccc(C(c4ccc(Cl)cc4)c4ccc(Cl)cc4)cc32)cc1. The van der Waals surface area contributed by atoms with Crippen molar-refractivity contribution in [2.75, 3.05) is 0 Å². The van der Waals surface area contributed by atoms with Crippen LogP contribution in [0.15, 0.2) is 91.0 Å². The van der Waals surface area contributed by atoms with Crippen LogP contribution in [0.1, 0.15) is 52.8 Å². The van der Waals surface area contributed by atoms with Gasteiger partial charge in [0.25, 0.3) is 0 Å². The molecule has 0 atom stereocenters. The van der Waals surface area contributed by atoms with Crippen LogP contribution in [0.2, 0.25) is 10.0 Å². The molecule has 0 saturated heterocycles. The maximum Gasteiger partial charge on any atom is 0.115 e. The molecule has 0 radical (unpaired) electrons. The number of phenols is 1. The molecule has 1 fully saturated rings. The minimum Gasteiger partial charge on any atom is -0.508 e. The maximum atomic E-state index is 9.65. The molecule has 5 aromatic rings. The number of aryl methyl sites for hydroxylation is 2. The third-order valence-electron chi connectivity index (χ3n) is 7.04. The number of hydrogen-bond acceptors (Lipinski definition) is 2. The van der Waals surface area contributed by atoms with Crippen LogP contribution in [0.4, 0.5) is 0 Å². The first-order valence-corrected chi connectivity index (χ1v) is 13.1. The highest BCUT2D eigenvalue weighted by Gasteiger charge is 2.30. The number of benzene rings is 4. The molecule has 3 nitrogen and oxygen atoms in total. The summed E-state index contributed by atoms with van der Waals surface area (Å²) in [7, 11) is 0. The van der Waals surface area contributed by atoms with E-state index in [1.165, 1.54) is 46.4 Å². The van der Waals surface area contributed by atoms with Crippen LogP contribution in [0.3, 0.4) is 0 Å². The zero-order valence-electron chi connectivity index (χ0n) is 19.7. The summed E-state index contributed by atoms with van der Waals surface area (Å²) in [4.78, 5) is 5.06. The predicted octanol–water partition coefficient (Wildman–Crippen LogP) is 8.35. The van der Waals surface area contributed by atoms with Gasteiger partial charge in [0.1, 0.15) is 11.6 Å². The Hall–Kier alpha value is -3.27. The molecule has 1 heterocycles. The summed E-state index contributed by atoms with van der Waals surface area (Å²) in [6, 6.07) is 30.4. The summed E-state index contributed by atoms with van der Waals surface area (Å²) < 4.78 is 2.41. The van der Waals surface area contributed by atoms with Crippen LogP contribution in [0.25, 0.3) is 11.0 Å². The topological polar surface area (TPSA) is 38.0 Å². The number of rotatable bonds is 7. The van der Waals surface area contributed by atoms with E-state index in [1.807, 2.05) is 36.4 Å². The molecule has 4 aromatic carbocycles. The number of aromatic hydroxyl groups is 1. The molecular weight excluding hydrogens is 487 g/mol. The molecule has 0 spiro atoms. The van der Waals surface area contributed by atoms with Crippen molar-refractivity contribution in [2.24, 2.45) is 0 Å². The molecule has 6 rings (SSSR count).